The number of ether oxygens (including phenoxy) is 1. The van der Waals surface area contributed by atoms with Gasteiger partial charge in [-0.05, 0) is 25.1 Å². The summed E-state index contributed by atoms with van der Waals surface area (Å²) in [5, 5.41) is 6.69. The van der Waals surface area contributed by atoms with Crippen molar-refractivity contribution in [2.45, 2.75) is 13.3 Å². The van der Waals surface area contributed by atoms with Gasteiger partial charge < -0.3 is 4.74 Å². The van der Waals surface area contributed by atoms with E-state index in [0.29, 0.717) is 0 Å². The molecule has 1 aromatic carbocycles. The van der Waals surface area contributed by atoms with Crippen LogP contribution in [0.5, 0.6) is 5.75 Å². The lowest BCUT2D eigenvalue weighted by Crippen LogP contribution is -2.19. The fourth-order valence-corrected chi connectivity index (χ4v) is 2.41. The van der Waals surface area contributed by atoms with Gasteiger partial charge in [-0.25, -0.2) is 10.4 Å². The van der Waals surface area contributed by atoms with Crippen LogP contribution in [0.25, 0.3) is 6.08 Å². The summed E-state index contributed by atoms with van der Waals surface area (Å²) >= 11 is 1.53. The lowest BCUT2D eigenvalue weighted by Gasteiger charge is -2.02. The number of rotatable bonds is 6. The van der Waals surface area contributed by atoms with E-state index in [1.54, 1.807) is 13.2 Å². The summed E-state index contributed by atoms with van der Waals surface area (Å²) in [7, 11) is 1.63. The van der Waals surface area contributed by atoms with Crippen LogP contribution < -0.4 is 10.2 Å². The summed E-state index contributed by atoms with van der Waals surface area (Å²) in [6, 6.07) is 7.66. The average molecular weight is 315 g/mol. The standard InChI is InChI=1S/C16H17N3O2S/c1-12-18-14(11-22-12)10-16(20)19-17-9-5-7-13-6-3-4-8-15(13)21-2/h3-9,11H,10H2,1-2H3,(H,19,20)/b7-5+,17-9-. The first-order valence-electron chi connectivity index (χ1n) is 6.71. The second-order valence-electron chi connectivity index (χ2n) is 4.45. The monoisotopic (exact) mass is 315 g/mol. The van der Waals surface area contributed by atoms with Crippen LogP contribution in [-0.2, 0) is 11.2 Å². The third-order valence-electron chi connectivity index (χ3n) is 2.77. The van der Waals surface area contributed by atoms with Gasteiger partial charge in [0.2, 0.25) is 5.91 Å². The van der Waals surface area contributed by atoms with E-state index in [0.717, 1.165) is 22.0 Å². The van der Waals surface area contributed by atoms with Crippen molar-refractivity contribution < 1.29 is 9.53 Å². The van der Waals surface area contributed by atoms with Crippen molar-refractivity contribution in [3.63, 3.8) is 0 Å². The third-order valence-corrected chi connectivity index (χ3v) is 3.60. The Hall–Kier alpha value is -2.47. The molecule has 0 bridgehead atoms. The lowest BCUT2D eigenvalue weighted by molar-refractivity contribution is -0.120. The second kappa shape index (κ2) is 8.09. The molecule has 0 aliphatic rings. The van der Waals surface area contributed by atoms with E-state index in [4.69, 9.17) is 4.74 Å². The van der Waals surface area contributed by atoms with Gasteiger partial charge in [-0.3, -0.25) is 4.79 Å². The van der Waals surface area contributed by atoms with Crippen LogP contribution in [0.3, 0.4) is 0 Å². The molecule has 0 saturated carbocycles. The van der Waals surface area contributed by atoms with Crippen LogP contribution in [0, 0.1) is 6.92 Å². The first-order valence-corrected chi connectivity index (χ1v) is 7.59. The maximum absolute atomic E-state index is 11.7. The van der Waals surface area contributed by atoms with Crippen LogP contribution >= 0.6 is 11.3 Å². The SMILES string of the molecule is COc1ccccc1/C=C/C=N\NC(=O)Cc1csc(C)n1. The predicted molar refractivity (Wildman–Crippen MR) is 89.2 cm³/mol. The van der Waals surface area contributed by atoms with E-state index in [1.165, 1.54) is 17.6 Å². The summed E-state index contributed by atoms with van der Waals surface area (Å²) < 4.78 is 5.24. The molecular formula is C16H17N3O2S. The number of benzene rings is 1. The number of hydrogen-bond acceptors (Lipinski definition) is 5. The number of carbonyl (C=O) groups excluding carboxylic acids is 1. The molecule has 0 unspecified atom stereocenters. The van der Waals surface area contributed by atoms with Crippen molar-refractivity contribution in [1.82, 2.24) is 10.4 Å². The number of carbonyl (C=O) groups is 1. The van der Waals surface area contributed by atoms with Crippen LogP contribution in [0.1, 0.15) is 16.3 Å². The molecule has 1 amide bonds. The van der Waals surface area contributed by atoms with Gasteiger partial charge in [0.05, 0.1) is 24.2 Å². The van der Waals surface area contributed by atoms with Crippen molar-refractivity contribution in [3.05, 3.63) is 52.0 Å². The fourth-order valence-electron chi connectivity index (χ4n) is 1.80. The molecule has 0 aliphatic carbocycles. The van der Waals surface area contributed by atoms with E-state index in [9.17, 15) is 4.79 Å². The first-order chi connectivity index (χ1) is 10.7. The number of para-hydroxylation sites is 1. The average Bonchev–Trinajstić information content (AvgIpc) is 2.92. The normalized spacial score (nSPS) is 11.2. The van der Waals surface area contributed by atoms with Crippen LogP contribution in [-0.4, -0.2) is 24.2 Å². The maximum Gasteiger partial charge on any atom is 0.246 e. The molecule has 1 heterocycles. The largest absolute Gasteiger partial charge is 0.496 e. The summed E-state index contributed by atoms with van der Waals surface area (Å²) in [4.78, 5) is 15.9. The number of aryl methyl sites for hydroxylation is 1. The van der Waals surface area contributed by atoms with Crippen molar-refractivity contribution in [2.24, 2.45) is 5.10 Å². The summed E-state index contributed by atoms with van der Waals surface area (Å²) in [6.07, 6.45) is 5.36. The quantitative estimate of drug-likeness (QED) is 0.658. The van der Waals surface area contributed by atoms with Gasteiger partial charge in [-0.2, -0.15) is 5.10 Å². The third kappa shape index (κ3) is 4.82. The first kappa shape index (κ1) is 15.9. The van der Waals surface area contributed by atoms with Crippen molar-refractivity contribution in [3.8, 4) is 5.75 Å². The molecule has 1 N–H and O–H groups in total. The van der Waals surface area contributed by atoms with E-state index in [-0.39, 0.29) is 12.3 Å². The maximum atomic E-state index is 11.7. The Morgan fingerprint density at radius 1 is 1.45 bits per heavy atom. The minimum Gasteiger partial charge on any atom is -0.496 e. The van der Waals surface area contributed by atoms with E-state index in [1.807, 2.05) is 42.6 Å². The topological polar surface area (TPSA) is 63.6 Å². The Bertz CT molecular complexity index is 692. The highest BCUT2D eigenvalue weighted by Crippen LogP contribution is 2.18. The number of amides is 1. The Morgan fingerprint density at radius 3 is 3.00 bits per heavy atom. The predicted octanol–water partition coefficient (Wildman–Crippen LogP) is 2.82. The van der Waals surface area contributed by atoms with Crippen LogP contribution in [0.15, 0.2) is 40.8 Å². The molecule has 6 heteroatoms. The minimum atomic E-state index is -0.188. The van der Waals surface area contributed by atoms with Gasteiger partial charge >= 0.3 is 0 Å². The van der Waals surface area contributed by atoms with Gasteiger partial charge in [-0.1, -0.05) is 18.2 Å². The summed E-state index contributed by atoms with van der Waals surface area (Å²) in [5.41, 5.74) is 4.18. The zero-order valence-electron chi connectivity index (χ0n) is 12.4. The molecular weight excluding hydrogens is 298 g/mol. The van der Waals surface area contributed by atoms with Crippen molar-refractivity contribution in [2.75, 3.05) is 7.11 Å². The number of nitrogens with one attached hydrogen (secondary N) is 1. The van der Waals surface area contributed by atoms with Gasteiger partial charge in [0.15, 0.2) is 0 Å². The molecule has 0 saturated heterocycles. The van der Waals surface area contributed by atoms with Gasteiger partial charge in [-0.15, -0.1) is 11.3 Å². The molecule has 0 spiro atoms. The molecule has 22 heavy (non-hydrogen) atoms. The Balaban J connectivity index is 1.82. The minimum absolute atomic E-state index is 0.188. The molecule has 0 aliphatic heterocycles. The molecule has 1 aromatic heterocycles. The molecule has 5 nitrogen and oxygen atoms in total. The van der Waals surface area contributed by atoms with E-state index in [2.05, 4.69) is 15.5 Å². The van der Waals surface area contributed by atoms with Gasteiger partial charge in [0.1, 0.15) is 5.75 Å². The Morgan fingerprint density at radius 2 is 2.27 bits per heavy atom. The number of methoxy groups -OCH3 is 1. The highest BCUT2D eigenvalue weighted by molar-refractivity contribution is 7.09. The number of hydrazone groups is 1. The van der Waals surface area contributed by atoms with Gasteiger partial charge in [0.25, 0.3) is 0 Å². The second-order valence-corrected chi connectivity index (χ2v) is 5.51. The molecule has 0 fully saturated rings. The Kier molecular flexibility index (Phi) is 5.85. The van der Waals surface area contributed by atoms with E-state index >= 15 is 0 Å². The van der Waals surface area contributed by atoms with Crippen LogP contribution in [0.4, 0.5) is 0 Å². The fraction of sp³-hybridized carbons (Fsp3) is 0.188. The number of allylic oxidation sites excluding steroid dienone is 1. The summed E-state index contributed by atoms with van der Waals surface area (Å²) in [6.45, 7) is 1.91. The van der Waals surface area contributed by atoms with E-state index < -0.39 is 0 Å². The van der Waals surface area contributed by atoms with Crippen molar-refractivity contribution in [1.29, 1.82) is 0 Å². The summed E-state index contributed by atoms with van der Waals surface area (Å²) in [5.74, 6) is 0.599. The Labute approximate surface area is 133 Å². The number of nitrogens with zero attached hydrogens (tertiary/aromatic N) is 2. The molecule has 114 valence electrons. The highest BCUT2D eigenvalue weighted by Gasteiger charge is 2.04. The van der Waals surface area contributed by atoms with Crippen molar-refractivity contribution >= 4 is 29.5 Å². The lowest BCUT2D eigenvalue weighted by atomic mass is 10.2. The van der Waals surface area contributed by atoms with Gasteiger partial charge in [0, 0.05) is 17.2 Å². The molecule has 0 radical (unpaired) electrons. The highest BCUT2D eigenvalue weighted by atomic mass is 32.1. The zero-order chi connectivity index (χ0) is 15.8. The molecule has 2 aromatic rings. The number of aromatic nitrogens is 1. The molecule has 2 rings (SSSR count). The smallest absolute Gasteiger partial charge is 0.246 e. The number of thiazole rings is 1. The molecule has 0 atom stereocenters. The van der Waals surface area contributed by atoms with Crippen LogP contribution in [0.2, 0.25) is 0 Å². The number of hydrogen-bond donors (Lipinski definition) is 1. The zero-order valence-corrected chi connectivity index (χ0v) is 13.3.